The second-order valence-corrected chi connectivity index (χ2v) is 4.83. The van der Waals surface area contributed by atoms with Gasteiger partial charge in [-0.05, 0) is 40.2 Å². The molecule has 108 valence electrons. The Labute approximate surface area is 125 Å². The van der Waals surface area contributed by atoms with Crippen LogP contribution in [0.4, 0.5) is 20.2 Å². The van der Waals surface area contributed by atoms with Crippen LogP contribution in [0.25, 0.3) is 0 Å². The molecule has 2 aromatic rings. The van der Waals surface area contributed by atoms with Crippen LogP contribution < -0.4 is 5.32 Å². The molecule has 0 bridgehead atoms. The molecule has 0 radical (unpaired) electrons. The number of benzene rings is 2. The first-order valence-electron chi connectivity index (χ1n) is 5.59. The zero-order chi connectivity index (χ0) is 15.6. The van der Waals surface area contributed by atoms with Crippen LogP contribution in [0.1, 0.15) is 10.4 Å². The lowest BCUT2D eigenvalue weighted by atomic mass is 10.1. The lowest BCUT2D eigenvalue weighted by Gasteiger charge is -2.08. The van der Waals surface area contributed by atoms with Crippen molar-refractivity contribution in [1.29, 1.82) is 0 Å². The lowest BCUT2D eigenvalue weighted by molar-refractivity contribution is -0.387. The number of para-hydroxylation sites is 1. The smallest absolute Gasteiger partial charge is 0.305 e. The highest BCUT2D eigenvalue weighted by Crippen LogP contribution is 2.26. The number of halogens is 3. The number of nitro groups is 1. The second kappa shape index (κ2) is 5.96. The van der Waals surface area contributed by atoms with Crippen molar-refractivity contribution < 1.29 is 18.5 Å². The van der Waals surface area contributed by atoms with Crippen LogP contribution in [-0.2, 0) is 0 Å². The predicted octanol–water partition coefficient (Wildman–Crippen LogP) is 3.89. The van der Waals surface area contributed by atoms with Crippen molar-refractivity contribution in [3.05, 3.63) is 68.2 Å². The maximum absolute atomic E-state index is 13.6. The maximum Gasteiger partial charge on any atom is 0.305 e. The van der Waals surface area contributed by atoms with Gasteiger partial charge in [-0.1, -0.05) is 6.07 Å². The molecule has 1 amide bonds. The number of carbonyl (C=O) groups excluding carboxylic acids is 1. The summed E-state index contributed by atoms with van der Waals surface area (Å²) in [4.78, 5) is 21.7. The summed E-state index contributed by atoms with van der Waals surface area (Å²) in [5, 5.41) is 12.9. The normalized spacial score (nSPS) is 10.2. The largest absolute Gasteiger partial charge is 0.319 e. The van der Waals surface area contributed by atoms with E-state index in [1.54, 1.807) is 0 Å². The molecule has 5 nitrogen and oxygen atoms in total. The number of anilines is 1. The van der Waals surface area contributed by atoms with Gasteiger partial charge in [0.1, 0.15) is 5.82 Å². The molecule has 0 aliphatic rings. The van der Waals surface area contributed by atoms with Gasteiger partial charge in [-0.3, -0.25) is 14.9 Å². The number of hydrogen-bond donors (Lipinski definition) is 1. The number of carbonyl (C=O) groups is 1. The minimum Gasteiger partial charge on any atom is -0.319 e. The molecular formula is C13H7BrF2N2O3. The summed E-state index contributed by atoms with van der Waals surface area (Å²) in [6, 6.07) is 6.78. The van der Waals surface area contributed by atoms with E-state index in [0.29, 0.717) is 4.47 Å². The van der Waals surface area contributed by atoms with E-state index >= 15 is 0 Å². The molecule has 0 aromatic heterocycles. The Morgan fingerprint density at radius 3 is 2.52 bits per heavy atom. The number of nitrogens with one attached hydrogen (secondary N) is 1. The van der Waals surface area contributed by atoms with Gasteiger partial charge in [-0.15, -0.1) is 0 Å². The van der Waals surface area contributed by atoms with Crippen LogP contribution >= 0.6 is 15.9 Å². The molecule has 21 heavy (non-hydrogen) atoms. The first-order chi connectivity index (χ1) is 9.90. The van der Waals surface area contributed by atoms with E-state index in [4.69, 9.17) is 0 Å². The number of nitrogens with zero attached hydrogens (tertiary/aromatic N) is 1. The van der Waals surface area contributed by atoms with E-state index in [-0.39, 0.29) is 11.3 Å². The third kappa shape index (κ3) is 3.22. The molecule has 0 atom stereocenters. The van der Waals surface area contributed by atoms with Crippen LogP contribution in [0.15, 0.2) is 40.9 Å². The quantitative estimate of drug-likeness (QED) is 0.669. The summed E-state index contributed by atoms with van der Waals surface area (Å²) in [5.41, 5.74) is -1.08. The van der Waals surface area contributed by atoms with Crippen LogP contribution in [0, 0.1) is 21.7 Å². The van der Waals surface area contributed by atoms with E-state index < -0.39 is 28.2 Å². The van der Waals surface area contributed by atoms with Gasteiger partial charge >= 0.3 is 5.69 Å². The van der Waals surface area contributed by atoms with Crippen LogP contribution in [-0.4, -0.2) is 10.8 Å². The highest BCUT2D eigenvalue weighted by atomic mass is 79.9. The number of nitro benzene ring substituents is 1. The molecule has 0 fully saturated rings. The highest BCUT2D eigenvalue weighted by Gasteiger charge is 2.18. The van der Waals surface area contributed by atoms with Crippen molar-refractivity contribution >= 4 is 33.2 Å². The van der Waals surface area contributed by atoms with Crippen molar-refractivity contribution in [3.8, 4) is 0 Å². The minimum absolute atomic E-state index is 0.102. The van der Waals surface area contributed by atoms with Gasteiger partial charge in [0.2, 0.25) is 5.82 Å². The van der Waals surface area contributed by atoms with Crippen molar-refractivity contribution in [2.75, 3.05) is 5.32 Å². The highest BCUT2D eigenvalue weighted by molar-refractivity contribution is 9.10. The first kappa shape index (κ1) is 15.0. The summed E-state index contributed by atoms with van der Waals surface area (Å²) in [6.07, 6.45) is 0. The topological polar surface area (TPSA) is 72.2 Å². The fourth-order valence-electron chi connectivity index (χ4n) is 1.60. The molecule has 0 spiro atoms. The molecule has 0 aliphatic carbocycles. The Kier molecular flexibility index (Phi) is 4.27. The third-order valence-corrected chi connectivity index (χ3v) is 3.27. The fraction of sp³-hybridized carbons (Fsp3) is 0. The maximum atomic E-state index is 13.6. The molecule has 1 N–H and O–H groups in total. The molecule has 0 saturated heterocycles. The molecule has 2 rings (SSSR count). The first-order valence-corrected chi connectivity index (χ1v) is 6.38. The molecule has 0 aliphatic heterocycles. The summed E-state index contributed by atoms with van der Waals surface area (Å²) in [6.45, 7) is 0. The third-order valence-electron chi connectivity index (χ3n) is 2.61. The molecule has 8 heteroatoms. The zero-order valence-electron chi connectivity index (χ0n) is 10.3. The van der Waals surface area contributed by atoms with E-state index in [0.717, 1.165) is 24.3 Å². The average Bonchev–Trinajstić information content (AvgIpc) is 2.43. The molecule has 0 saturated carbocycles. The van der Waals surface area contributed by atoms with Crippen molar-refractivity contribution in [3.63, 3.8) is 0 Å². The van der Waals surface area contributed by atoms with Gasteiger partial charge in [-0.2, -0.15) is 4.39 Å². The monoisotopic (exact) mass is 356 g/mol. The number of amides is 1. The number of hydrogen-bond acceptors (Lipinski definition) is 3. The zero-order valence-corrected chi connectivity index (χ0v) is 11.9. The van der Waals surface area contributed by atoms with E-state index in [1.807, 2.05) is 0 Å². The van der Waals surface area contributed by atoms with Gasteiger partial charge in [0.25, 0.3) is 5.91 Å². The molecule has 2 aromatic carbocycles. The molecule has 0 unspecified atom stereocenters. The fourth-order valence-corrected chi connectivity index (χ4v) is 2.04. The molecular weight excluding hydrogens is 350 g/mol. The Morgan fingerprint density at radius 2 is 1.90 bits per heavy atom. The summed E-state index contributed by atoms with van der Waals surface area (Å²) < 4.78 is 27.1. The van der Waals surface area contributed by atoms with E-state index in [9.17, 15) is 23.7 Å². The van der Waals surface area contributed by atoms with Crippen LogP contribution in [0.2, 0.25) is 0 Å². The standard InChI is InChI=1S/C13H7BrF2N2O3/c14-8-2-1-3-10(16)12(8)17-13(19)7-4-5-9(15)11(6-7)18(20)21/h1-6H,(H,17,19). The SMILES string of the molecule is O=C(Nc1c(F)cccc1Br)c1ccc(F)c([N+](=O)[O-])c1. The Bertz CT molecular complexity index is 717. The average molecular weight is 357 g/mol. The predicted molar refractivity (Wildman–Crippen MR) is 75.1 cm³/mol. The molecule has 0 heterocycles. The summed E-state index contributed by atoms with van der Waals surface area (Å²) in [5.74, 6) is -2.51. The van der Waals surface area contributed by atoms with Gasteiger partial charge in [0.15, 0.2) is 0 Å². The number of rotatable bonds is 3. The summed E-state index contributed by atoms with van der Waals surface area (Å²) in [7, 11) is 0. The van der Waals surface area contributed by atoms with Gasteiger partial charge in [-0.25, -0.2) is 4.39 Å². The Hall–Kier alpha value is -2.35. The van der Waals surface area contributed by atoms with Gasteiger partial charge in [0, 0.05) is 16.1 Å². The minimum atomic E-state index is -1.05. The Morgan fingerprint density at radius 1 is 1.19 bits per heavy atom. The lowest BCUT2D eigenvalue weighted by Crippen LogP contribution is -2.14. The van der Waals surface area contributed by atoms with Gasteiger partial charge < -0.3 is 5.32 Å². The van der Waals surface area contributed by atoms with Crippen molar-refractivity contribution in [1.82, 2.24) is 0 Å². The van der Waals surface area contributed by atoms with Crippen molar-refractivity contribution in [2.45, 2.75) is 0 Å². The van der Waals surface area contributed by atoms with Crippen LogP contribution in [0.5, 0.6) is 0 Å². The van der Waals surface area contributed by atoms with E-state index in [1.165, 1.54) is 12.1 Å². The Balaban J connectivity index is 2.33. The summed E-state index contributed by atoms with van der Waals surface area (Å²) >= 11 is 3.07. The second-order valence-electron chi connectivity index (χ2n) is 3.97. The van der Waals surface area contributed by atoms with Crippen molar-refractivity contribution in [2.24, 2.45) is 0 Å². The van der Waals surface area contributed by atoms with Crippen LogP contribution in [0.3, 0.4) is 0 Å². The van der Waals surface area contributed by atoms with E-state index in [2.05, 4.69) is 21.2 Å². The van der Waals surface area contributed by atoms with Gasteiger partial charge in [0.05, 0.1) is 10.6 Å².